The first kappa shape index (κ1) is 13.3. The zero-order valence-corrected chi connectivity index (χ0v) is 11.5. The summed E-state index contributed by atoms with van der Waals surface area (Å²) < 4.78 is 17.4. The van der Waals surface area contributed by atoms with Crippen LogP contribution < -0.4 is 15.2 Å². The number of carbonyl (C=O) groups excluding carboxylic acids is 1. The van der Waals surface area contributed by atoms with Crippen LogP contribution >= 0.6 is 0 Å². The second-order valence-electron chi connectivity index (χ2n) is 4.52. The third-order valence-corrected chi connectivity index (χ3v) is 3.19. The second kappa shape index (κ2) is 5.35. The molecule has 0 saturated carbocycles. The van der Waals surface area contributed by atoms with Crippen LogP contribution in [0.1, 0.15) is 16.9 Å². The Kier molecular flexibility index (Phi) is 3.39. The molecule has 3 rings (SSSR count). The molecule has 0 saturated heterocycles. The highest BCUT2D eigenvalue weighted by Gasteiger charge is 2.18. The van der Waals surface area contributed by atoms with E-state index in [9.17, 15) is 4.79 Å². The molecule has 7 heteroatoms. The number of hydrogen-bond donors (Lipinski definition) is 1. The number of nitrogen functional groups attached to an aromatic ring is 1. The molecule has 110 valence electrons. The number of methoxy groups -OCH3 is 1. The zero-order chi connectivity index (χ0) is 14.8. The topological polar surface area (TPSA) is 88.6 Å². The van der Waals surface area contributed by atoms with Gasteiger partial charge < -0.3 is 19.9 Å². The Hall–Kier alpha value is -2.70. The molecule has 2 aromatic rings. The standard InChI is InChI=1S/C14H15N3O4/c1-19-14(18)12-13(15)17(8-16-12)9-3-4-10-11(7-9)21-6-2-5-20-10/h3-4,7-8H,2,5-6,15H2,1H3. The molecule has 0 bridgehead atoms. The maximum Gasteiger partial charge on any atom is 0.360 e. The van der Waals surface area contributed by atoms with Gasteiger partial charge >= 0.3 is 5.97 Å². The summed E-state index contributed by atoms with van der Waals surface area (Å²) >= 11 is 0. The molecule has 1 aromatic heterocycles. The monoisotopic (exact) mass is 289 g/mol. The SMILES string of the molecule is COC(=O)c1ncn(-c2ccc3c(c2)OCCCO3)c1N. The minimum absolute atomic E-state index is 0.0876. The highest BCUT2D eigenvalue weighted by molar-refractivity contribution is 5.92. The molecular formula is C14H15N3O4. The van der Waals surface area contributed by atoms with Crippen LogP contribution in [0.2, 0.25) is 0 Å². The largest absolute Gasteiger partial charge is 0.490 e. The molecule has 7 nitrogen and oxygen atoms in total. The van der Waals surface area contributed by atoms with Crippen LogP contribution in [0.25, 0.3) is 5.69 Å². The molecule has 0 atom stereocenters. The fraction of sp³-hybridized carbons (Fsp3) is 0.286. The highest BCUT2D eigenvalue weighted by atomic mass is 16.5. The number of imidazole rings is 1. The van der Waals surface area contributed by atoms with E-state index in [4.69, 9.17) is 15.2 Å². The molecule has 1 aliphatic heterocycles. The first-order valence-corrected chi connectivity index (χ1v) is 6.52. The molecule has 0 radical (unpaired) electrons. The van der Waals surface area contributed by atoms with Gasteiger partial charge in [-0.3, -0.25) is 4.57 Å². The zero-order valence-electron chi connectivity index (χ0n) is 11.5. The van der Waals surface area contributed by atoms with Crippen molar-refractivity contribution < 1.29 is 19.0 Å². The maximum atomic E-state index is 11.5. The molecule has 21 heavy (non-hydrogen) atoms. The highest BCUT2D eigenvalue weighted by Crippen LogP contribution is 2.32. The predicted molar refractivity (Wildman–Crippen MR) is 74.9 cm³/mol. The average molecular weight is 289 g/mol. The fourth-order valence-electron chi connectivity index (χ4n) is 2.12. The Labute approximate surface area is 121 Å². The van der Waals surface area contributed by atoms with Crippen molar-refractivity contribution in [3.8, 4) is 17.2 Å². The lowest BCUT2D eigenvalue weighted by Crippen LogP contribution is -2.07. The Bertz CT molecular complexity index is 681. The molecule has 0 spiro atoms. The van der Waals surface area contributed by atoms with Crippen LogP contribution in [0, 0.1) is 0 Å². The van der Waals surface area contributed by atoms with Crippen molar-refractivity contribution in [2.45, 2.75) is 6.42 Å². The Balaban J connectivity index is 1.99. The number of aromatic nitrogens is 2. The second-order valence-corrected chi connectivity index (χ2v) is 4.52. The van der Waals surface area contributed by atoms with E-state index in [1.165, 1.54) is 13.4 Å². The average Bonchev–Trinajstić information content (AvgIpc) is 2.73. The summed E-state index contributed by atoms with van der Waals surface area (Å²) in [5.74, 6) is 0.998. The lowest BCUT2D eigenvalue weighted by molar-refractivity contribution is 0.0596. The van der Waals surface area contributed by atoms with Gasteiger partial charge in [0.1, 0.15) is 12.1 Å². The van der Waals surface area contributed by atoms with E-state index in [0.717, 1.165) is 12.1 Å². The van der Waals surface area contributed by atoms with Gasteiger partial charge in [0.15, 0.2) is 17.2 Å². The van der Waals surface area contributed by atoms with E-state index in [1.54, 1.807) is 10.6 Å². The first-order chi connectivity index (χ1) is 10.2. The van der Waals surface area contributed by atoms with Gasteiger partial charge in [0, 0.05) is 12.5 Å². The van der Waals surface area contributed by atoms with Crippen molar-refractivity contribution >= 4 is 11.8 Å². The number of benzene rings is 1. The van der Waals surface area contributed by atoms with Crippen molar-refractivity contribution in [3.05, 3.63) is 30.2 Å². The van der Waals surface area contributed by atoms with E-state index >= 15 is 0 Å². The van der Waals surface area contributed by atoms with Gasteiger partial charge in [0.25, 0.3) is 0 Å². The lowest BCUT2D eigenvalue weighted by Gasteiger charge is -2.10. The molecule has 1 aliphatic rings. The smallest absolute Gasteiger partial charge is 0.360 e. The summed E-state index contributed by atoms with van der Waals surface area (Å²) in [7, 11) is 1.29. The quantitative estimate of drug-likeness (QED) is 0.841. The van der Waals surface area contributed by atoms with E-state index in [2.05, 4.69) is 9.72 Å². The van der Waals surface area contributed by atoms with E-state index in [0.29, 0.717) is 24.7 Å². The minimum atomic E-state index is -0.569. The number of ether oxygens (including phenoxy) is 3. The summed E-state index contributed by atoms with van der Waals surface area (Å²) in [6.45, 7) is 1.23. The van der Waals surface area contributed by atoms with Gasteiger partial charge in [-0.25, -0.2) is 9.78 Å². The molecular weight excluding hydrogens is 274 g/mol. The predicted octanol–water partition coefficient (Wildman–Crippen LogP) is 1.40. The van der Waals surface area contributed by atoms with Gasteiger partial charge in [-0.15, -0.1) is 0 Å². The van der Waals surface area contributed by atoms with Crippen LogP contribution in [0.3, 0.4) is 0 Å². The lowest BCUT2D eigenvalue weighted by atomic mass is 10.2. The van der Waals surface area contributed by atoms with Crippen molar-refractivity contribution in [3.63, 3.8) is 0 Å². The Morgan fingerprint density at radius 3 is 2.86 bits per heavy atom. The van der Waals surface area contributed by atoms with E-state index < -0.39 is 5.97 Å². The summed E-state index contributed by atoms with van der Waals surface area (Å²) in [4.78, 5) is 15.5. The third-order valence-electron chi connectivity index (χ3n) is 3.19. The normalized spacial score (nSPS) is 13.6. The van der Waals surface area contributed by atoms with E-state index in [-0.39, 0.29) is 11.5 Å². The van der Waals surface area contributed by atoms with Crippen LogP contribution in [0.5, 0.6) is 11.5 Å². The molecule has 0 aliphatic carbocycles. The number of nitrogens with two attached hydrogens (primary N) is 1. The van der Waals surface area contributed by atoms with Crippen LogP contribution in [-0.4, -0.2) is 35.8 Å². The van der Waals surface area contributed by atoms with Crippen LogP contribution in [0.15, 0.2) is 24.5 Å². The molecule has 0 amide bonds. The Morgan fingerprint density at radius 2 is 2.10 bits per heavy atom. The van der Waals surface area contributed by atoms with Crippen molar-refractivity contribution in [2.24, 2.45) is 0 Å². The maximum absolute atomic E-state index is 11.5. The molecule has 0 fully saturated rings. The number of fused-ring (bicyclic) bond motifs is 1. The van der Waals surface area contributed by atoms with Gasteiger partial charge in [0.2, 0.25) is 0 Å². The fourth-order valence-corrected chi connectivity index (χ4v) is 2.12. The molecule has 2 N–H and O–H groups in total. The first-order valence-electron chi connectivity index (χ1n) is 6.52. The van der Waals surface area contributed by atoms with Crippen molar-refractivity contribution in [1.29, 1.82) is 0 Å². The van der Waals surface area contributed by atoms with Gasteiger partial charge in [0.05, 0.1) is 26.0 Å². The van der Waals surface area contributed by atoms with Crippen LogP contribution in [0.4, 0.5) is 5.82 Å². The van der Waals surface area contributed by atoms with E-state index in [1.807, 2.05) is 12.1 Å². The molecule has 2 heterocycles. The summed E-state index contributed by atoms with van der Waals surface area (Å²) in [6.07, 6.45) is 2.31. The minimum Gasteiger partial charge on any atom is -0.490 e. The number of hydrogen-bond acceptors (Lipinski definition) is 6. The number of carbonyl (C=O) groups is 1. The third kappa shape index (κ3) is 2.37. The van der Waals surface area contributed by atoms with Crippen molar-refractivity contribution in [2.75, 3.05) is 26.1 Å². The number of esters is 1. The number of anilines is 1. The number of nitrogens with zero attached hydrogens (tertiary/aromatic N) is 2. The molecule has 0 unspecified atom stereocenters. The van der Waals surface area contributed by atoms with Gasteiger partial charge in [-0.05, 0) is 12.1 Å². The summed E-state index contributed by atoms with van der Waals surface area (Å²) in [6, 6.07) is 5.44. The van der Waals surface area contributed by atoms with Gasteiger partial charge in [-0.2, -0.15) is 0 Å². The summed E-state index contributed by atoms with van der Waals surface area (Å²) in [5.41, 5.74) is 6.77. The summed E-state index contributed by atoms with van der Waals surface area (Å²) in [5, 5.41) is 0. The Morgan fingerprint density at radius 1 is 1.33 bits per heavy atom. The van der Waals surface area contributed by atoms with Crippen molar-refractivity contribution in [1.82, 2.24) is 9.55 Å². The molecule has 1 aromatic carbocycles. The van der Waals surface area contributed by atoms with Gasteiger partial charge in [-0.1, -0.05) is 0 Å². The van der Waals surface area contributed by atoms with Crippen LogP contribution in [-0.2, 0) is 4.74 Å². The number of rotatable bonds is 2.